The highest BCUT2D eigenvalue weighted by atomic mass is 35.5. The summed E-state index contributed by atoms with van der Waals surface area (Å²) >= 11 is 5.78. The lowest BCUT2D eigenvalue weighted by Crippen LogP contribution is -2.18. The van der Waals surface area contributed by atoms with E-state index in [-0.39, 0.29) is 5.41 Å². The number of aromatic nitrogens is 2. The number of nitrogens with zero attached hydrogens (tertiary/aromatic N) is 2. The minimum absolute atomic E-state index is 0.0760. The van der Waals surface area contributed by atoms with Gasteiger partial charge in [0, 0.05) is 11.6 Å². The van der Waals surface area contributed by atoms with E-state index >= 15 is 0 Å². The summed E-state index contributed by atoms with van der Waals surface area (Å²) in [6, 6.07) is 0. The van der Waals surface area contributed by atoms with Crippen molar-refractivity contribution in [2.75, 3.05) is 0 Å². The average molecular weight is 199 g/mol. The molecule has 13 heavy (non-hydrogen) atoms. The molecule has 0 bridgehead atoms. The SMILES string of the molecule is CCCC(C)(C)c1cncc(Cl)n1. The maximum Gasteiger partial charge on any atom is 0.147 e. The Labute approximate surface area is 84.4 Å². The Hall–Kier alpha value is -0.630. The molecule has 0 fully saturated rings. The number of halogens is 1. The van der Waals surface area contributed by atoms with Gasteiger partial charge in [-0.3, -0.25) is 4.98 Å². The molecule has 72 valence electrons. The summed E-state index contributed by atoms with van der Waals surface area (Å²) in [6.45, 7) is 6.49. The van der Waals surface area contributed by atoms with Crippen LogP contribution < -0.4 is 0 Å². The number of rotatable bonds is 3. The van der Waals surface area contributed by atoms with Crippen molar-refractivity contribution in [2.45, 2.75) is 39.0 Å². The molecule has 0 amide bonds. The van der Waals surface area contributed by atoms with Gasteiger partial charge in [0.2, 0.25) is 0 Å². The van der Waals surface area contributed by atoms with Gasteiger partial charge in [-0.25, -0.2) is 4.98 Å². The second-order valence-corrected chi connectivity index (χ2v) is 4.25. The van der Waals surface area contributed by atoms with Gasteiger partial charge in [0.15, 0.2) is 0 Å². The van der Waals surface area contributed by atoms with E-state index in [0.717, 1.165) is 18.5 Å². The summed E-state index contributed by atoms with van der Waals surface area (Å²) in [4.78, 5) is 8.30. The normalized spacial score (nSPS) is 11.7. The van der Waals surface area contributed by atoms with Crippen LogP contribution in [0.5, 0.6) is 0 Å². The molecular weight excluding hydrogens is 184 g/mol. The standard InChI is InChI=1S/C10H15ClN2/c1-4-5-10(2,3)8-6-12-7-9(11)13-8/h6-7H,4-5H2,1-3H3. The van der Waals surface area contributed by atoms with Gasteiger partial charge in [-0.15, -0.1) is 0 Å². The van der Waals surface area contributed by atoms with E-state index in [9.17, 15) is 0 Å². The highest BCUT2D eigenvalue weighted by Gasteiger charge is 2.21. The first-order valence-corrected chi connectivity index (χ1v) is 4.92. The van der Waals surface area contributed by atoms with Crippen molar-refractivity contribution in [3.63, 3.8) is 0 Å². The number of hydrogen-bond donors (Lipinski definition) is 0. The quantitative estimate of drug-likeness (QED) is 0.746. The monoisotopic (exact) mass is 198 g/mol. The van der Waals surface area contributed by atoms with Gasteiger partial charge < -0.3 is 0 Å². The molecule has 0 atom stereocenters. The van der Waals surface area contributed by atoms with Crippen molar-refractivity contribution in [1.29, 1.82) is 0 Å². The molecule has 0 aliphatic heterocycles. The predicted octanol–water partition coefficient (Wildman–Crippen LogP) is 3.21. The highest BCUT2D eigenvalue weighted by molar-refractivity contribution is 6.29. The van der Waals surface area contributed by atoms with Crippen LogP contribution in [0.2, 0.25) is 5.15 Å². The van der Waals surface area contributed by atoms with Gasteiger partial charge in [-0.2, -0.15) is 0 Å². The van der Waals surface area contributed by atoms with Gasteiger partial charge in [-0.1, -0.05) is 38.8 Å². The van der Waals surface area contributed by atoms with Crippen molar-refractivity contribution < 1.29 is 0 Å². The Morgan fingerprint density at radius 2 is 2.08 bits per heavy atom. The van der Waals surface area contributed by atoms with Crippen LogP contribution in [-0.2, 0) is 5.41 Å². The van der Waals surface area contributed by atoms with E-state index in [1.807, 2.05) is 0 Å². The van der Waals surface area contributed by atoms with Crippen molar-refractivity contribution in [2.24, 2.45) is 0 Å². The minimum Gasteiger partial charge on any atom is -0.260 e. The molecule has 2 nitrogen and oxygen atoms in total. The lowest BCUT2D eigenvalue weighted by atomic mass is 9.85. The van der Waals surface area contributed by atoms with Crippen LogP contribution in [0, 0.1) is 0 Å². The smallest absolute Gasteiger partial charge is 0.147 e. The van der Waals surface area contributed by atoms with Gasteiger partial charge in [0.05, 0.1) is 11.9 Å². The average Bonchev–Trinajstić information content (AvgIpc) is 2.04. The fraction of sp³-hybridized carbons (Fsp3) is 0.600. The third-order valence-corrected chi connectivity index (χ3v) is 2.36. The molecule has 0 aliphatic carbocycles. The Kier molecular flexibility index (Phi) is 3.26. The van der Waals surface area contributed by atoms with E-state index in [4.69, 9.17) is 11.6 Å². The first-order chi connectivity index (χ1) is 6.06. The summed E-state index contributed by atoms with van der Waals surface area (Å²) in [7, 11) is 0. The molecular formula is C10H15ClN2. The van der Waals surface area contributed by atoms with Crippen molar-refractivity contribution in [3.05, 3.63) is 23.2 Å². The third-order valence-electron chi connectivity index (χ3n) is 2.17. The second-order valence-electron chi connectivity index (χ2n) is 3.86. The molecule has 1 heterocycles. The van der Waals surface area contributed by atoms with Crippen LogP contribution in [0.1, 0.15) is 39.3 Å². The van der Waals surface area contributed by atoms with Crippen LogP contribution in [0.25, 0.3) is 0 Å². The molecule has 0 saturated heterocycles. The lowest BCUT2D eigenvalue weighted by molar-refractivity contribution is 0.458. The Morgan fingerprint density at radius 3 is 2.62 bits per heavy atom. The zero-order valence-corrected chi connectivity index (χ0v) is 9.10. The van der Waals surface area contributed by atoms with Gasteiger partial charge in [0.25, 0.3) is 0 Å². The fourth-order valence-electron chi connectivity index (χ4n) is 1.42. The number of hydrogen-bond acceptors (Lipinski definition) is 2. The molecule has 1 aromatic heterocycles. The molecule has 3 heteroatoms. The Balaban J connectivity index is 2.93. The first kappa shape index (κ1) is 10.5. The predicted molar refractivity (Wildman–Crippen MR) is 55.0 cm³/mol. The Bertz CT molecular complexity index is 284. The van der Waals surface area contributed by atoms with Crippen molar-refractivity contribution >= 4 is 11.6 Å². The highest BCUT2D eigenvalue weighted by Crippen LogP contribution is 2.26. The maximum atomic E-state index is 5.78. The molecule has 0 spiro atoms. The molecule has 0 N–H and O–H groups in total. The molecule has 0 aliphatic rings. The molecule has 0 aromatic carbocycles. The topological polar surface area (TPSA) is 25.8 Å². The first-order valence-electron chi connectivity index (χ1n) is 4.54. The fourth-order valence-corrected chi connectivity index (χ4v) is 1.57. The maximum absolute atomic E-state index is 5.78. The van der Waals surface area contributed by atoms with Gasteiger partial charge in [0.1, 0.15) is 5.15 Å². The molecule has 0 unspecified atom stereocenters. The Morgan fingerprint density at radius 1 is 1.38 bits per heavy atom. The summed E-state index contributed by atoms with van der Waals surface area (Å²) in [6.07, 6.45) is 5.60. The van der Waals surface area contributed by atoms with Crippen molar-refractivity contribution in [3.8, 4) is 0 Å². The van der Waals surface area contributed by atoms with Crippen LogP contribution in [-0.4, -0.2) is 9.97 Å². The van der Waals surface area contributed by atoms with Crippen LogP contribution in [0.4, 0.5) is 0 Å². The largest absolute Gasteiger partial charge is 0.260 e. The second kappa shape index (κ2) is 4.05. The molecule has 1 rings (SSSR count). The zero-order valence-electron chi connectivity index (χ0n) is 8.34. The van der Waals surface area contributed by atoms with E-state index in [0.29, 0.717) is 5.15 Å². The van der Waals surface area contributed by atoms with E-state index in [1.165, 1.54) is 0 Å². The third kappa shape index (κ3) is 2.66. The molecule has 1 aromatic rings. The van der Waals surface area contributed by atoms with Crippen LogP contribution >= 0.6 is 11.6 Å². The zero-order chi connectivity index (χ0) is 9.90. The molecule has 0 saturated carbocycles. The summed E-state index contributed by atoms with van der Waals surface area (Å²) < 4.78 is 0. The van der Waals surface area contributed by atoms with Gasteiger partial charge >= 0.3 is 0 Å². The lowest BCUT2D eigenvalue weighted by Gasteiger charge is -2.22. The van der Waals surface area contributed by atoms with Crippen LogP contribution in [0.15, 0.2) is 12.4 Å². The van der Waals surface area contributed by atoms with E-state index in [1.54, 1.807) is 12.4 Å². The summed E-state index contributed by atoms with van der Waals surface area (Å²) in [5, 5.41) is 0.474. The minimum atomic E-state index is 0.0760. The van der Waals surface area contributed by atoms with Crippen LogP contribution in [0.3, 0.4) is 0 Å². The van der Waals surface area contributed by atoms with Crippen molar-refractivity contribution in [1.82, 2.24) is 9.97 Å². The van der Waals surface area contributed by atoms with E-state index < -0.39 is 0 Å². The summed E-state index contributed by atoms with van der Waals surface area (Å²) in [5.41, 5.74) is 1.05. The summed E-state index contributed by atoms with van der Waals surface area (Å²) in [5.74, 6) is 0. The van der Waals surface area contributed by atoms with E-state index in [2.05, 4.69) is 30.7 Å². The van der Waals surface area contributed by atoms with Gasteiger partial charge in [-0.05, 0) is 6.42 Å². The molecule has 0 radical (unpaired) electrons.